The molecule has 6 rings (SSSR count). The Bertz CT molecular complexity index is 1770. The topological polar surface area (TPSA) is 142 Å². The maximum Gasteiger partial charge on any atom is 0.274 e. The molecule has 2 amide bonds. The molecule has 0 unspecified atom stereocenters. The van der Waals surface area contributed by atoms with E-state index in [2.05, 4.69) is 30.8 Å². The number of aliphatic hydroxyl groups excluding tert-OH is 1. The lowest BCUT2D eigenvalue weighted by molar-refractivity contribution is -0.119. The summed E-state index contributed by atoms with van der Waals surface area (Å²) in [5, 5.41) is 19.6. The number of aromatic nitrogens is 3. The summed E-state index contributed by atoms with van der Waals surface area (Å²) in [5.74, 6) is 0.139. The van der Waals surface area contributed by atoms with E-state index in [0.29, 0.717) is 71.7 Å². The number of anilines is 1. The van der Waals surface area contributed by atoms with Gasteiger partial charge in [0.05, 0.1) is 40.3 Å². The molecule has 47 heavy (non-hydrogen) atoms. The molecule has 0 bridgehead atoms. The van der Waals surface area contributed by atoms with Gasteiger partial charge in [0.25, 0.3) is 5.91 Å². The normalized spacial score (nSPS) is 17.9. The van der Waals surface area contributed by atoms with Crippen LogP contribution in [-0.4, -0.2) is 75.7 Å². The number of β-amino-alcohol motifs (C(OH)–C–C–N with tert-alkyl or cyclic N) is 1. The first-order valence-electron chi connectivity index (χ1n) is 15.4. The molecule has 11 nitrogen and oxygen atoms in total. The highest BCUT2D eigenvalue weighted by molar-refractivity contribution is 6.39. The smallest absolute Gasteiger partial charge is 0.274 e. The highest BCUT2D eigenvalue weighted by Gasteiger charge is 2.22. The largest absolute Gasteiger partial charge is 0.481 e. The summed E-state index contributed by atoms with van der Waals surface area (Å²) in [4.78, 5) is 40.3. The van der Waals surface area contributed by atoms with Gasteiger partial charge in [0.1, 0.15) is 5.69 Å². The number of ether oxygens (including phenoxy) is 1. The van der Waals surface area contributed by atoms with Crippen molar-refractivity contribution in [1.29, 1.82) is 0 Å². The number of benzene rings is 1. The number of hydrogen-bond donors (Lipinski definition) is 4. The molecule has 0 aliphatic carbocycles. The maximum atomic E-state index is 13.1. The highest BCUT2D eigenvalue weighted by atomic mass is 35.5. The molecule has 4 aromatic rings. The molecular formula is C34H35Cl2N7O4. The Morgan fingerprint density at radius 1 is 1.09 bits per heavy atom. The van der Waals surface area contributed by atoms with E-state index in [1.807, 2.05) is 18.2 Å². The molecule has 4 N–H and O–H groups in total. The number of hydrogen-bond acceptors (Lipinski definition) is 9. The molecule has 2 fully saturated rings. The van der Waals surface area contributed by atoms with Crippen LogP contribution in [0, 0.1) is 0 Å². The number of pyridine rings is 3. The Kier molecular flexibility index (Phi) is 10.3. The Balaban J connectivity index is 1.16. The first kappa shape index (κ1) is 32.8. The zero-order valence-electron chi connectivity index (χ0n) is 25.8. The minimum atomic E-state index is -0.404. The second-order valence-corrected chi connectivity index (χ2v) is 12.4. The second kappa shape index (κ2) is 14.7. The average molecular weight is 677 g/mol. The van der Waals surface area contributed by atoms with Gasteiger partial charge in [-0.2, -0.15) is 0 Å². The predicted octanol–water partition coefficient (Wildman–Crippen LogP) is 4.71. The van der Waals surface area contributed by atoms with Gasteiger partial charge in [-0.15, -0.1) is 0 Å². The van der Waals surface area contributed by atoms with E-state index in [1.54, 1.807) is 49.8 Å². The van der Waals surface area contributed by atoms with Crippen molar-refractivity contribution in [3.8, 4) is 28.4 Å². The van der Waals surface area contributed by atoms with Crippen molar-refractivity contribution in [2.24, 2.45) is 0 Å². The second-order valence-electron chi connectivity index (χ2n) is 11.7. The van der Waals surface area contributed by atoms with Crippen molar-refractivity contribution in [3.63, 3.8) is 0 Å². The van der Waals surface area contributed by atoms with Crippen LogP contribution in [-0.2, 0) is 17.9 Å². The van der Waals surface area contributed by atoms with Crippen molar-refractivity contribution in [1.82, 2.24) is 30.5 Å². The lowest BCUT2D eigenvalue weighted by Gasteiger charge is -2.15. The average Bonchev–Trinajstić information content (AvgIpc) is 3.69. The van der Waals surface area contributed by atoms with Crippen LogP contribution in [0.25, 0.3) is 22.5 Å². The van der Waals surface area contributed by atoms with Crippen LogP contribution in [0.2, 0.25) is 10.0 Å². The predicted molar refractivity (Wildman–Crippen MR) is 180 cm³/mol. The molecule has 13 heteroatoms. The van der Waals surface area contributed by atoms with Gasteiger partial charge in [-0.25, -0.2) is 4.98 Å². The SMILES string of the molecule is COc1nc(-c2ccnc(-c3cccc(NC(=O)c4ccc(CN5CC[C@@H](O)C5)cn4)c3Cl)c2Cl)ccc1CNC[C@@H]1CCC(=O)N1. The number of likely N-dealkylation sites (tertiary alicyclic amines) is 1. The summed E-state index contributed by atoms with van der Waals surface area (Å²) < 4.78 is 5.59. The zero-order valence-corrected chi connectivity index (χ0v) is 27.3. The van der Waals surface area contributed by atoms with Crippen LogP contribution in [0.3, 0.4) is 0 Å². The van der Waals surface area contributed by atoms with Crippen LogP contribution in [0.4, 0.5) is 5.69 Å². The molecule has 244 valence electrons. The quantitative estimate of drug-likeness (QED) is 0.178. The van der Waals surface area contributed by atoms with Crippen molar-refractivity contribution >= 4 is 40.7 Å². The number of rotatable bonds is 11. The van der Waals surface area contributed by atoms with Crippen LogP contribution in [0.1, 0.15) is 40.9 Å². The Hall–Kier alpha value is -4.13. The highest BCUT2D eigenvalue weighted by Crippen LogP contribution is 2.40. The molecule has 0 radical (unpaired) electrons. The fraction of sp³-hybridized carbons (Fsp3) is 0.324. The van der Waals surface area contributed by atoms with E-state index >= 15 is 0 Å². The molecule has 1 aromatic carbocycles. The van der Waals surface area contributed by atoms with Crippen LogP contribution < -0.4 is 20.7 Å². The summed E-state index contributed by atoms with van der Waals surface area (Å²) in [7, 11) is 1.57. The Morgan fingerprint density at radius 2 is 1.96 bits per heavy atom. The maximum absolute atomic E-state index is 13.1. The molecular weight excluding hydrogens is 641 g/mol. The molecule has 2 aliphatic rings. The molecule has 2 aliphatic heterocycles. The standard InChI is InChI=1S/C34H35Cl2N7O4/c1-47-34-21(16-37-17-22-7-10-29(45)40-22)6-9-26(42-34)24-11-13-38-32(31(24)36)25-3-2-4-27(30(25)35)41-33(46)28-8-5-20(15-39-28)18-43-14-12-23(44)19-43/h2-6,8-9,11,13,15,22-23,37,44H,7,10,12,14,16-19H2,1H3,(H,40,45)(H,41,46)/t22-,23+/m0/s1. The van der Waals surface area contributed by atoms with Gasteiger partial charge in [-0.3, -0.25) is 24.5 Å². The summed E-state index contributed by atoms with van der Waals surface area (Å²) in [6.07, 6.45) is 5.16. The number of amides is 2. The molecule has 0 saturated carbocycles. The van der Waals surface area contributed by atoms with Gasteiger partial charge in [-0.05, 0) is 42.7 Å². The minimum Gasteiger partial charge on any atom is -0.481 e. The fourth-order valence-electron chi connectivity index (χ4n) is 5.84. The van der Waals surface area contributed by atoms with Crippen molar-refractivity contribution in [3.05, 3.63) is 87.8 Å². The van der Waals surface area contributed by atoms with E-state index in [-0.39, 0.29) is 28.8 Å². The summed E-state index contributed by atoms with van der Waals surface area (Å²) in [6.45, 7) is 3.31. The minimum absolute atomic E-state index is 0.0849. The molecule has 3 aromatic heterocycles. The van der Waals surface area contributed by atoms with Crippen molar-refractivity contribution < 1.29 is 19.4 Å². The fourth-order valence-corrected chi connectivity index (χ4v) is 6.41. The number of halogens is 2. The van der Waals surface area contributed by atoms with Crippen molar-refractivity contribution in [2.45, 2.75) is 44.5 Å². The van der Waals surface area contributed by atoms with Crippen LogP contribution in [0.5, 0.6) is 5.88 Å². The number of nitrogens with zero attached hydrogens (tertiary/aromatic N) is 4. The molecule has 5 heterocycles. The summed E-state index contributed by atoms with van der Waals surface area (Å²) in [6, 6.07) is 14.5. The lowest BCUT2D eigenvalue weighted by Crippen LogP contribution is -2.35. The zero-order chi connectivity index (χ0) is 32.9. The van der Waals surface area contributed by atoms with Crippen LogP contribution >= 0.6 is 23.2 Å². The third-order valence-electron chi connectivity index (χ3n) is 8.30. The third-order valence-corrected chi connectivity index (χ3v) is 9.09. The van der Waals surface area contributed by atoms with Gasteiger partial charge in [-0.1, -0.05) is 47.5 Å². The van der Waals surface area contributed by atoms with E-state index in [4.69, 9.17) is 32.9 Å². The van der Waals surface area contributed by atoms with Gasteiger partial charge in [0, 0.05) is 74.3 Å². The third kappa shape index (κ3) is 7.72. The van der Waals surface area contributed by atoms with E-state index in [0.717, 1.165) is 30.5 Å². The number of aliphatic hydroxyl groups is 1. The summed E-state index contributed by atoms with van der Waals surface area (Å²) in [5.41, 5.74) is 4.68. The summed E-state index contributed by atoms with van der Waals surface area (Å²) >= 11 is 13.8. The van der Waals surface area contributed by atoms with E-state index in [1.165, 1.54) is 0 Å². The number of nitrogens with one attached hydrogen (secondary N) is 3. The Labute approximate surface area is 282 Å². The van der Waals surface area contributed by atoms with Gasteiger partial charge < -0.3 is 25.8 Å². The van der Waals surface area contributed by atoms with E-state index in [9.17, 15) is 14.7 Å². The monoisotopic (exact) mass is 675 g/mol. The Morgan fingerprint density at radius 3 is 2.68 bits per heavy atom. The van der Waals surface area contributed by atoms with E-state index < -0.39 is 5.91 Å². The van der Waals surface area contributed by atoms with Crippen molar-refractivity contribution in [2.75, 3.05) is 32.1 Å². The first-order valence-corrected chi connectivity index (χ1v) is 16.2. The van der Waals surface area contributed by atoms with Gasteiger partial charge >= 0.3 is 0 Å². The van der Waals surface area contributed by atoms with Gasteiger partial charge in [0.15, 0.2) is 0 Å². The number of carbonyl (C=O) groups excluding carboxylic acids is 2. The molecule has 0 spiro atoms. The number of carbonyl (C=O) groups is 2. The first-order chi connectivity index (χ1) is 22.8. The number of methoxy groups -OCH3 is 1. The van der Waals surface area contributed by atoms with Gasteiger partial charge in [0.2, 0.25) is 11.8 Å². The molecule has 2 atom stereocenters. The lowest BCUT2D eigenvalue weighted by atomic mass is 10.1. The van der Waals surface area contributed by atoms with Crippen LogP contribution in [0.15, 0.2) is 60.9 Å². The molecule has 2 saturated heterocycles.